The Bertz CT molecular complexity index is 217. The van der Waals surface area contributed by atoms with Gasteiger partial charge in [0.1, 0.15) is 11.5 Å². The molecule has 0 amide bonds. The van der Waals surface area contributed by atoms with Crippen LogP contribution in [0.2, 0.25) is 5.15 Å². The molecule has 0 atom stereocenters. The van der Waals surface area contributed by atoms with Crippen LogP contribution in [0.4, 0.5) is 0 Å². The van der Waals surface area contributed by atoms with Crippen molar-refractivity contribution in [2.45, 2.75) is 11.8 Å². The predicted molar refractivity (Wildman–Crippen MR) is 43.4 cm³/mol. The molecule has 0 fully saturated rings. The van der Waals surface area contributed by atoms with Crippen molar-refractivity contribution in [1.29, 1.82) is 0 Å². The van der Waals surface area contributed by atoms with Crippen LogP contribution in [-0.2, 0) is 0 Å². The molecule has 0 bridgehead atoms. The molecule has 0 saturated carbocycles. The minimum absolute atomic E-state index is 0.543. The summed E-state index contributed by atoms with van der Waals surface area (Å²) in [5, 5.41) is 0.543. The van der Waals surface area contributed by atoms with E-state index in [-0.39, 0.29) is 0 Å². The first-order valence-corrected chi connectivity index (χ1v) is 4.29. The molecule has 0 saturated heterocycles. The number of halogens is 1. The number of aromatic nitrogens is 2. The monoisotopic (exact) mass is 174 g/mol. The highest BCUT2D eigenvalue weighted by Gasteiger charge is 1.97. The summed E-state index contributed by atoms with van der Waals surface area (Å²) in [6.07, 6.45) is 3.17. The van der Waals surface area contributed by atoms with Gasteiger partial charge in [-0.25, -0.2) is 9.97 Å². The first-order valence-electron chi connectivity index (χ1n) is 2.93. The first-order chi connectivity index (χ1) is 4.84. The van der Waals surface area contributed by atoms with Gasteiger partial charge in [0.25, 0.3) is 0 Å². The Kier molecular flexibility index (Phi) is 2.96. The Labute approximate surface area is 69.0 Å². The molecule has 0 aliphatic carbocycles. The molecule has 0 radical (unpaired) electrons. The van der Waals surface area contributed by atoms with E-state index < -0.39 is 0 Å². The molecule has 10 heavy (non-hydrogen) atoms. The maximum absolute atomic E-state index is 5.73. The molecule has 0 N–H and O–H groups in total. The molecule has 1 rings (SSSR count). The van der Waals surface area contributed by atoms with Gasteiger partial charge >= 0.3 is 0 Å². The van der Waals surface area contributed by atoms with E-state index in [4.69, 9.17) is 11.6 Å². The standard InChI is InChI=1S/C6H7ClN2S/c1-2-10-5-3-8-4-9-6(5)7/h3-4H,2H2,1H3. The maximum Gasteiger partial charge on any atom is 0.145 e. The summed E-state index contributed by atoms with van der Waals surface area (Å²) in [7, 11) is 0. The van der Waals surface area contributed by atoms with Crippen LogP contribution in [0.1, 0.15) is 6.92 Å². The fraction of sp³-hybridized carbons (Fsp3) is 0.333. The van der Waals surface area contributed by atoms with Gasteiger partial charge in [-0.15, -0.1) is 11.8 Å². The molecule has 54 valence electrons. The van der Waals surface area contributed by atoms with Crippen molar-refractivity contribution in [2.75, 3.05) is 5.75 Å². The summed E-state index contributed by atoms with van der Waals surface area (Å²) < 4.78 is 0. The minimum Gasteiger partial charge on any atom is -0.244 e. The zero-order valence-electron chi connectivity index (χ0n) is 5.54. The zero-order valence-corrected chi connectivity index (χ0v) is 7.11. The van der Waals surface area contributed by atoms with E-state index in [2.05, 4.69) is 16.9 Å². The summed E-state index contributed by atoms with van der Waals surface area (Å²) >= 11 is 7.38. The maximum atomic E-state index is 5.73. The van der Waals surface area contributed by atoms with Gasteiger partial charge in [-0.2, -0.15) is 0 Å². The van der Waals surface area contributed by atoms with Gasteiger partial charge in [-0.1, -0.05) is 18.5 Å². The van der Waals surface area contributed by atoms with Crippen molar-refractivity contribution in [1.82, 2.24) is 9.97 Å². The van der Waals surface area contributed by atoms with Crippen LogP contribution < -0.4 is 0 Å². The van der Waals surface area contributed by atoms with E-state index in [0.717, 1.165) is 10.6 Å². The summed E-state index contributed by atoms with van der Waals surface area (Å²) in [5.74, 6) is 0.993. The highest BCUT2D eigenvalue weighted by molar-refractivity contribution is 7.99. The number of rotatable bonds is 2. The molecular formula is C6H7ClN2S. The van der Waals surface area contributed by atoms with E-state index >= 15 is 0 Å². The van der Waals surface area contributed by atoms with E-state index in [9.17, 15) is 0 Å². The van der Waals surface area contributed by atoms with Crippen LogP contribution in [0.25, 0.3) is 0 Å². The predicted octanol–water partition coefficient (Wildman–Crippen LogP) is 2.24. The molecule has 1 aromatic rings. The highest BCUT2D eigenvalue weighted by atomic mass is 35.5. The Morgan fingerprint density at radius 3 is 3.10 bits per heavy atom. The molecular weight excluding hydrogens is 168 g/mol. The van der Waals surface area contributed by atoms with Gasteiger partial charge < -0.3 is 0 Å². The molecule has 1 heterocycles. The second kappa shape index (κ2) is 3.78. The van der Waals surface area contributed by atoms with Crippen molar-refractivity contribution >= 4 is 23.4 Å². The second-order valence-corrected chi connectivity index (χ2v) is 3.27. The fourth-order valence-electron chi connectivity index (χ4n) is 0.554. The van der Waals surface area contributed by atoms with Crippen LogP contribution in [0.3, 0.4) is 0 Å². The Morgan fingerprint density at radius 2 is 2.50 bits per heavy atom. The average Bonchev–Trinajstić information content (AvgIpc) is 1.94. The third-order valence-electron chi connectivity index (χ3n) is 0.933. The lowest BCUT2D eigenvalue weighted by Crippen LogP contribution is -1.81. The van der Waals surface area contributed by atoms with Crippen LogP contribution in [0.5, 0.6) is 0 Å². The fourth-order valence-corrected chi connectivity index (χ4v) is 1.43. The molecule has 0 aliphatic rings. The molecule has 0 aromatic carbocycles. The lowest BCUT2D eigenvalue weighted by Gasteiger charge is -1.96. The zero-order chi connectivity index (χ0) is 7.40. The summed E-state index contributed by atoms with van der Waals surface area (Å²) in [4.78, 5) is 8.63. The van der Waals surface area contributed by atoms with Gasteiger partial charge in [0.2, 0.25) is 0 Å². The Morgan fingerprint density at radius 1 is 1.70 bits per heavy atom. The highest BCUT2D eigenvalue weighted by Crippen LogP contribution is 2.22. The van der Waals surface area contributed by atoms with Gasteiger partial charge in [-0.05, 0) is 5.75 Å². The van der Waals surface area contributed by atoms with Gasteiger partial charge in [0.05, 0.1) is 4.90 Å². The van der Waals surface area contributed by atoms with Crippen LogP contribution in [0.15, 0.2) is 17.4 Å². The van der Waals surface area contributed by atoms with Gasteiger partial charge in [0, 0.05) is 6.20 Å². The van der Waals surface area contributed by atoms with Gasteiger partial charge in [-0.3, -0.25) is 0 Å². The second-order valence-electron chi connectivity index (χ2n) is 1.61. The van der Waals surface area contributed by atoms with Gasteiger partial charge in [0.15, 0.2) is 0 Å². The van der Waals surface area contributed by atoms with Crippen molar-refractivity contribution < 1.29 is 0 Å². The smallest absolute Gasteiger partial charge is 0.145 e. The third kappa shape index (κ3) is 1.85. The average molecular weight is 175 g/mol. The molecule has 0 aliphatic heterocycles. The molecule has 0 spiro atoms. The van der Waals surface area contributed by atoms with Crippen molar-refractivity contribution in [3.8, 4) is 0 Å². The number of hydrogen-bond acceptors (Lipinski definition) is 3. The lowest BCUT2D eigenvalue weighted by molar-refractivity contribution is 1.10. The normalized spacial score (nSPS) is 9.80. The molecule has 0 unspecified atom stereocenters. The number of nitrogens with zero attached hydrogens (tertiary/aromatic N) is 2. The Balaban J connectivity index is 2.81. The SMILES string of the molecule is CCSc1cncnc1Cl. The van der Waals surface area contributed by atoms with Crippen molar-refractivity contribution in [2.24, 2.45) is 0 Å². The van der Waals surface area contributed by atoms with Crippen LogP contribution in [-0.4, -0.2) is 15.7 Å². The summed E-state index contributed by atoms with van der Waals surface area (Å²) in [5.41, 5.74) is 0. The van der Waals surface area contributed by atoms with E-state index in [0.29, 0.717) is 5.15 Å². The van der Waals surface area contributed by atoms with Crippen LogP contribution >= 0.6 is 23.4 Å². The third-order valence-corrected chi connectivity index (χ3v) is 2.24. The number of hydrogen-bond donors (Lipinski definition) is 0. The topological polar surface area (TPSA) is 25.8 Å². The largest absolute Gasteiger partial charge is 0.244 e. The first kappa shape index (κ1) is 7.82. The van der Waals surface area contributed by atoms with Crippen LogP contribution in [0, 0.1) is 0 Å². The van der Waals surface area contributed by atoms with E-state index in [1.807, 2.05) is 0 Å². The Hall–Kier alpha value is -0.280. The molecule has 2 nitrogen and oxygen atoms in total. The minimum atomic E-state index is 0.543. The molecule has 1 aromatic heterocycles. The number of thioether (sulfide) groups is 1. The quantitative estimate of drug-likeness (QED) is 0.508. The van der Waals surface area contributed by atoms with E-state index in [1.165, 1.54) is 6.33 Å². The molecule has 4 heteroatoms. The van der Waals surface area contributed by atoms with E-state index in [1.54, 1.807) is 18.0 Å². The lowest BCUT2D eigenvalue weighted by atomic mass is 10.7. The summed E-state index contributed by atoms with van der Waals surface area (Å²) in [6, 6.07) is 0. The van der Waals surface area contributed by atoms with Crippen molar-refractivity contribution in [3.63, 3.8) is 0 Å². The summed E-state index contributed by atoms with van der Waals surface area (Å²) in [6.45, 7) is 2.06. The van der Waals surface area contributed by atoms with Crippen molar-refractivity contribution in [3.05, 3.63) is 17.7 Å².